The van der Waals surface area contributed by atoms with E-state index < -0.39 is 14.9 Å². The number of hydrogen-bond acceptors (Lipinski definition) is 6. The first-order chi connectivity index (χ1) is 11.0. The van der Waals surface area contributed by atoms with E-state index in [0.717, 1.165) is 19.4 Å². The molecule has 1 atom stereocenters. The van der Waals surface area contributed by atoms with Crippen LogP contribution in [-0.2, 0) is 19.5 Å². The third kappa shape index (κ3) is 5.54. The number of nitro groups is 1. The SMILES string of the molecule is O=[N+]([O-])c1ccc(S(=O)(=O)NCCCOC[C@H]2CCCO2)cc1. The summed E-state index contributed by atoms with van der Waals surface area (Å²) in [6.45, 7) is 2.01. The lowest BCUT2D eigenvalue weighted by atomic mass is 10.2. The molecule has 0 aliphatic carbocycles. The third-order valence-electron chi connectivity index (χ3n) is 3.44. The molecule has 1 aliphatic rings. The van der Waals surface area contributed by atoms with E-state index in [2.05, 4.69) is 4.72 Å². The van der Waals surface area contributed by atoms with Gasteiger partial charge >= 0.3 is 0 Å². The number of rotatable bonds is 9. The van der Waals surface area contributed by atoms with Gasteiger partial charge in [-0.1, -0.05) is 0 Å². The van der Waals surface area contributed by atoms with E-state index in [1.165, 1.54) is 24.3 Å². The summed E-state index contributed by atoms with van der Waals surface area (Å²) in [6.07, 6.45) is 2.76. The van der Waals surface area contributed by atoms with Crippen molar-refractivity contribution in [2.45, 2.75) is 30.3 Å². The highest BCUT2D eigenvalue weighted by Gasteiger charge is 2.16. The summed E-state index contributed by atoms with van der Waals surface area (Å²) in [5.74, 6) is 0. The van der Waals surface area contributed by atoms with Crippen LogP contribution in [0.2, 0.25) is 0 Å². The molecular formula is C14H20N2O6S. The van der Waals surface area contributed by atoms with Gasteiger partial charge in [0.25, 0.3) is 5.69 Å². The van der Waals surface area contributed by atoms with Crippen molar-refractivity contribution in [1.82, 2.24) is 4.72 Å². The summed E-state index contributed by atoms with van der Waals surface area (Å²) >= 11 is 0. The van der Waals surface area contributed by atoms with Crippen LogP contribution in [0.15, 0.2) is 29.2 Å². The predicted octanol–water partition coefficient (Wildman–Crippen LogP) is 1.46. The lowest BCUT2D eigenvalue weighted by Crippen LogP contribution is -2.26. The molecule has 8 nitrogen and oxygen atoms in total. The maximum atomic E-state index is 12.0. The third-order valence-corrected chi connectivity index (χ3v) is 4.92. The number of hydrogen-bond donors (Lipinski definition) is 1. The Balaban J connectivity index is 1.70. The van der Waals surface area contributed by atoms with Crippen LogP contribution >= 0.6 is 0 Å². The van der Waals surface area contributed by atoms with Crippen LogP contribution in [0, 0.1) is 10.1 Å². The van der Waals surface area contributed by atoms with E-state index in [-0.39, 0.29) is 23.2 Å². The fraction of sp³-hybridized carbons (Fsp3) is 0.571. The largest absolute Gasteiger partial charge is 0.379 e. The monoisotopic (exact) mass is 344 g/mol. The molecule has 1 N–H and O–H groups in total. The summed E-state index contributed by atoms with van der Waals surface area (Å²) in [5, 5.41) is 10.5. The lowest BCUT2D eigenvalue weighted by molar-refractivity contribution is -0.384. The van der Waals surface area contributed by atoms with Crippen LogP contribution in [0.25, 0.3) is 0 Å². The molecule has 9 heteroatoms. The van der Waals surface area contributed by atoms with Gasteiger partial charge in [0.05, 0.1) is 22.5 Å². The molecule has 0 bridgehead atoms. The van der Waals surface area contributed by atoms with E-state index in [9.17, 15) is 18.5 Å². The maximum Gasteiger partial charge on any atom is 0.269 e. The molecule has 2 rings (SSSR count). The molecule has 1 heterocycles. The average Bonchev–Trinajstić information content (AvgIpc) is 3.04. The van der Waals surface area contributed by atoms with Crippen molar-refractivity contribution in [3.8, 4) is 0 Å². The van der Waals surface area contributed by atoms with Crippen molar-refractivity contribution in [3.63, 3.8) is 0 Å². The smallest absolute Gasteiger partial charge is 0.269 e. The molecule has 23 heavy (non-hydrogen) atoms. The van der Waals surface area contributed by atoms with E-state index in [4.69, 9.17) is 9.47 Å². The molecule has 128 valence electrons. The Bertz CT molecular complexity index is 611. The van der Waals surface area contributed by atoms with Gasteiger partial charge in [0.15, 0.2) is 0 Å². The van der Waals surface area contributed by atoms with Gasteiger partial charge in [-0.15, -0.1) is 0 Å². The molecule has 0 radical (unpaired) electrons. The summed E-state index contributed by atoms with van der Waals surface area (Å²) in [5.41, 5.74) is -0.147. The molecule has 1 saturated heterocycles. The zero-order valence-corrected chi connectivity index (χ0v) is 13.5. The van der Waals surface area contributed by atoms with Crippen LogP contribution in [0.1, 0.15) is 19.3 Å². The van der Waals surface area contributed by atoms with Crippen LogP contribution in [0.4, 0.5) is 5.69 Å². The predicted molar refractivity (Wildman–Crippen MR) is 82.7 cm³/mol. The molecule has 1 fully saturated rings. The first-order valence-corrected chi connectivity index (χ1v) is 8.91. The van der Waals surface area contributed by atoms with Gasteiger partial charge in [0, 0.05) is 31.9 Å². The second kappa shape index (κ2) is 8.34. The average molecular weight is 344 g/mol. The van der Waals surface area contributed by atoms with Crippen molar-refractivity contribution in [3.05, 3.63) is 34.4 Å². The molecule has 1 aromatic rings. The Labute approximate surface area is 135 Å². The summed E-state index contributed by atoms with van der Waals surface area (Å²) in [4.78, 5) is 9.98. The first kappa shape index (κ1) is 17.8. The van der Waals surface area contributed by atoms with Gasteiger partial charge in [-0.25, -0.2) is 13.1 Å². The maximum absolute atomic E-state index is 12.0. The summed E-state index contributed by atoms with van der Waals surface area (Å²) in [6, 6.07) is 4.77. The second-order valence-corrected chi connectivity index (χ2v) is 6.98. The van der Waals surface area contributed by atoms with Gasteiger partial charge in [0.1, 0.15) is 0 Å². The zero-order valence-electron chi connectivity index (χ0n) is 12.6. The molecule has 0 aromatic heterocycles. The number of nitrogens with zero attached hydrogens (tertiary/aromatic N) is 1. The highest BCUT2D eigenvalue weighted by Crippen LogP contribution is 2.15. The minimum absolute atomic E-state index is 0.00312. The Morgan fingerprint density at radius 3 is 2.70 bits per heavy atom. The van der Waals surface area contributed by atoms with Gasteiger partial charge in [-0.3, -0.25) is 10.1 Å². The van der Waals surface area contributed by atoms with Gasteiger partial charge in [0.2, 0.25) is 10.0 Å². The molecule has 1 aromatic carbocycles. The van der Waals surface area contributed by atoms with Crippen molar-refractivity contribution >= 4 is 15.7 Å². The van der Waals surface area contributed by atoms with Gasteiger partial charge < -0.3 is 9.47 Å². The van der Waals surface area contributed by atoms with Crippen LogP contribution in [0.3, 0.4) is 0 Å². The van der Waals surface area contributed by atoms with E-state index >= 15 is 0 Å². The number of nitro benzene ring substituents is 1. The molecule has 0 spiro atoms. The Morgan fingerprint density at radius 2 is 2.09 bits per heavy atom. The Hall–Kier alpha value is -1.55. The van der Waals surface area contributed by atoms with Gasteiger partial charge in [-0.2, -0.15) is 0 Å². The fourth-order valence-corrected chi connectivity index (χ4v) is 3.28. The quantitative estimate of drug-likeness (QED) is 0.413. The first-order valence-electron chi connectivity index (χ1n) is 7.42. The number of non-ortho nitro benzene ring substituents is 1. The second-order valence-electron chi connectivity index (χ2n) is 5.21. The minimum atomic E-state index is -3.66. The van der Waals surface area contributed by atoms with E-state index in [0.29, 0.717) is 19.6 Å². The molecular weight excluding hydrogens is 324 g/mol. The zero-order chi connectivity index (χ0) is 16.7. The highest BCUT2D eigenvalue weighted by atomic mass is 32.2. The number of nitrogens with one attached hydrogen (secondary N) is 1. The van der Waals surface area contributed by atoms with Crippen molar-refractivity contribution in [2.75, 3.05) is 26.4 Å². The standard InChI is InChI=1S/C14H20N2O6S/c17-16(18)12-4-6-14(7-5-12)23(19,20)15-8-2-9-21-11-13-3-1-10-22-13/h4-7,13,15H,1-3,8-11H2/t13-/m1/s1. The van der Waals surface area contributed by atoms with E-state index in [1.54, 1.807) is 0 Å². The topological polar surface area (TPSA) is 108 Å². The Morgan fingerprint density at radius 1 is 1.35 bits per heavy atom. The highest BCUT2D eigenvalue weighted by molar-refractivity contribution is 7.89. The normalized spacial score (nSPS) is 18.2. The molecule has 0 amide bonds. The molecule has 1 aliphatic heterocycles. The fourth-order valence-electron chi connectivity index (χ4n) is 2.20. The van der Waals surface area contributed by atoms with Crippen molar-refractivity contribution in [1.29, 1.82) is 0 Å². The van der Waals surface area contributed by atoms with Crippen molar-refractivity contribution < 1.29 is 22.8 Å². The Kier molecular flexibility index (Phi) is 6.46. The lowest BCUT2D eigenvalue weighted by Gasteiger charge is -2.10. The number of sulfonamides is 1. The summed E-state index contributed by atoms with van der Waals surface area (Å²) < 4.78 is 37.3. The van der Waals surface area contributed by atoms with Crippen LogP contribution in [0.5, 0.6) is 0 Å². The molecule has 0 saturated carbocycles. The molecule has 0 unspecified atom stereocenters. The number of benzene rings is 1. The summed E-state index contributed by atoms with van der Waals surface area (Å²) in [7, 11) is -3.66. The van der Waals surface area contributed by atoms with Crippen molar-refractivity contribution in [2.24, 2.45) is 0 Å². The minimum Gasteiger partial charge on any atom is -0.379 e. The van der Waals surface area contributed by atoms with Gasteiger partial charge in [-0.05, 0) is 31.4 Å². The number of ether oxygens (including phenoxy) is 2. The van der Waals surface area contributed by atoms with Crippen LogP contribution in [-0.4, -0.2) is 45.8 Å². The van der Waals surface area contributed by atoms with Crippen LogP contribution < -0.4 is 4.72 Å². The van der Waals surface area contributed by atoms with E-state index in [1.807, 2.05) is 0 Å².